The summed E-state index contributed by atoms with van der Waals surface area (Å²) >= 11 is 0. The average Bonchev–Trinajstić information content (AvgIpc) is 2.73. The van der Waals surface area contributed by atoms with Gasteiger partial charge in [-0.2, -0.15) is 18.1 Å². The number of nitroso groups, excluding NO2 is 1. The zero-order valence-corrected chi connectivity index (χ0v) is 17.9. The maximum atomic E-state index is 14.2. The monoisotopic (exact) mass is 446 g/mol. The lowest BCUT2D eigenvalue weighted by Crippen LogP contribution is -2.52. The van der Waals surface area contributed by atoms with E-state index in [9.17, 15) is 28.0 Å². The largest absolute Gasteiger partial charge is 0.418 e. The van der Waals surface area contributed by atoms with Crippen LogP contribution in [-0.4, -0.2) is 28.0 Å². The van der Waals surface area contributed by atoms with Crippen molar-refractivity contribution in [2.24, 2.45) is 5.18 Å². The van der Waals surface area contributed by atoms with Gasteiger partial charge in [0.15, 0.2) is 11.0 Å². The number of para-hydroxylation sites is 1. The number of rotatable bonds is 8. The van der Waals surface area contributed by atoms with Gasteiger partial charge in [-0.15, -0.1) is 0 Å². The molecular weight excluding hydrogens is 421 g/mol. The molecule has 32 heavy (non-hydrogen) atoms. The molecule has 0 fully saturated rings. The van der Waals surface area contributed by atoms with Crippen LogP contribution in [0.3, 0.4) is 0 Å². The summed E-state index contributed by atoms with van der Waals surface area (Å²) in [6.45, 7) is 2.61. The molecule has 0 amide bonds. The summed E-state index contributed by atoms with van der Waals surface area (Å²) in [5.41, 5.74) is -2.65. The molecule has 0 saturated heterocycles. The lowest BCUT2D eigenvalue weighted by atomic mass is 9.74. The lowest BCUT2D eigenvalue weighted by molar-refractivity contribution is -0.271. The van der Waals surface area contributed by atoms with Crippen LogP contribution in [0.4, 0.5) is 13.2 Å². The lowest BCUT2D eigenvalue weighted by Gasteiger charge is -2.38. The first-order valence-corrected chi connectivity index (χ1v) is 10.2. The molecule has 2 aromatic carbocycles. The van der Waals surface area contributed by atoms with E-state index in [0.29, 0.717) is 17.5 Å². The Hall–Kier alpha value is -3.00. The van der Waals surface area contributed by atoms with Crippen LogP contribution in [0.15, 0.2) is 70.8 Å². The van der Waals surface area contributed by atoms with E-state index in [2.05, 4.69) is 5.18 Å². The number of aliphatic hydroxyl groups is 1. The molecule has 0 saturated carbocycles. The molecule has 1 atom stereocenters. The second-order valence-corrected chi connectivity index (χ2v) is 8.72. The van der Waals surface area contributed by atoms with Crippen molar-refractivity contribution in [3.63, 3.8) is 0 Å². The molecule has 170 valence electrons. The van der Waals surface area contributed by atoms with Gasteiger partial charge in [0.1, 0.15) is 0 Å². The van der Waals surface area contributed by atoms with Crippen LogP contribution in [0.1, 0.15) is 31.4 Å². The highest BCUT2D eigenvalue weighted by Gasteiger charge is 2.56. The Balaban J connectivity index is 1.99. The summed E-state index contributed by atoms with van der Waals surface area (Å²) in [5.74, 6) is 0. The van der Waals surface area contributed by atoms with Gasteiger partial charge in [0.05, 0.1) is 18.6 Å². The maximum Gasteiger partial charge on any atom is 0.418 e. The highest BCUT2D eigenvalue weighted by molar-refractivity contribution is 5.78. The first kappa shape index (κ1) is 23.7. The third-order valence-electron chi connectivity index (χ3n) is 5.78. The van der Waals surface area contributed by atoms with Gasteiger partial charge in [-0.25, -0.2) is 0 Å². The normalized spacial score (nSPS) is 14.3. The Morgan fingerprint density at radius 1 is 1.03 bits per heavy atom. The molecule has 1 aromatic heterocycles. The maximum absolute atomic E-state index is 14.2. The predicted molar refractivity (Wildman–Crippen MR) is 118 cm³/mol. The van der Waals surface area contributed by atoms with Crippen LogP contribution >= 0.6 is 0 Å². The Morgan fingerprint density at radius 3 is 2.44 bits per heavy atom. The van der Waals surface area contributed by atoms with Crippen LogP contribution in [0.2, 0.25) is 0 Å². The number of aromatic nitrogens is 1. The summed E-state index contributed by atoms with van der Waals surface area (Å²) < 4.78 is 43.8. The number of benzene rings is 2. The van der Waals surface area contributed by atoms with Gasteiger partial charge in [0, 0.05) is 17.6 Å². The molecule has 5 nitrogen and oxygen atoms in total. The van der Waals surface area contributed by atoms with Gasteiger partial charge < -0.3 is 9.67 Å². The molecule has 0 aliphatic carbocycles. The predicted octanol–water partition coefficient (Wildman–Crippen LogP) is 4.97. The topological polar surface area (TPSA) is 71.7 Å². The molecule has 1 unspecified atom stereocenters. The van der Waals surface area contributed by atoms with Crippen LogP contribution in [0.5, 0.6) is 0 Å². The first-order valence-electron chi connectivity index (χ1n) is 10.2. The van der Waals surface area contributed by atoms with Gasteiger partial charge in [0.25, 0.3) is 0 Å². The van der Waals surface area contributed by atoms with Gasteiger partial charge in [-0.3, -0.25) is 4.79 Å². The molecular formula is C24H25F3N2O3. The molecule has 3 aromatic rings. The van der Waals surface area contributed by atoms with E-state index in [1.807, 2.05) is 0 Å². The van der Waals surface area contributed by atoms with Crippen LogP contribution in [-0.2, 0) is 18.4 Å². The molecule has 1 heterocycles. The molecule has 0 radical (unpaired) electrons. The zero-order chi connectivity index (χ0) is 23.6. The summed E-state index contributed by atoms with van der Waals surface area (Å²) in [6.07, 6.45) is -3.84. The minimum absolute atomic E-state index is 0.0792. The number of pyridine rings is 1. The van der Waals surface area contributed by atoms with E-state index >= 15 is 0 Å². The number of fused-ring (bicyclic) bond motifs is 1. The van der Waals surface area contributed by atoms with Crippen molar-refractivity contribution in [1.82, 2.24) is 4.57 Å². The van der Waals surface area contributed by atoms with Crippen molar-refractivity contribution in [3.05, 3.63) is 87.1 Å². The molecule has 0 aliphatic rings. The van der Waals surface area contributed by atoms with E-state index in [1.165, 1.54) is 16.8 Å². The Labute approximate surface area is 183 Å². The quantitative estimate of drug-likeness (QED) is 0.497. The molecule has 8 heteroatoms. The van der Waals surface area contributed by atoms with Crippen LogP contribution in [0.25, 0.3) is 10.9 Å². The van der Waals surface area contributed by atoms with Crippen molar-refractivity contribution in [3.8, 4) is 0 Å². The summed E-state index contributed by atoms with van der Waals surface area (Å²) in [4.78, 5) is 22.5. The average molecular weight is 446 g/mol. The first-order chi connectivity index (χ1) is 15.0. The van der Waals surface area contributed by atoms with E-state index in [1.54, 1.807) is 62.4 Å². The standard InChI is InChI=1S/C24H25F3N2O3/c1-22(2,18-7-5-6-17(14-18)10-12-28-32)15-23(31,24(25,26)27)16-29-13-11-21(30)19-8-3-4-9-20(19)29/h3-9,11,13-14,31H,10,12,15-16H2,1-2H3. The second kappa shape index (κ2) is 8.86. The SMILES string of the molecule is CC(C)(CC(O)(Cn1ccc(=O)c2ccccc21)C(F)(F)F)c1cccc(CCN=O)c1. The van der Waals surface area contributed by atoms with E-state index in [-0.39, 0.29) is 17.4 Å². The highest BCUT2D eigenvalue weighted by Crippen LogP contribution is 2.42. The van der Waals surface area contributed by atoms with Crippen LogP contribution < -0.4 is 5.43 Å². The zero-order valence-electron chi connectivity index (χ0n) is 17.9. The Kier molecular flexibility index (Phi) is 6.55. The van der Waals surface area contributed by atoms with Crippen molar-refractivity contribution < 1.29 is 18.3 Å². The minimum Gasteiger partial charge on any atom is -0.379 e. The van der Waals surface area contributed by atoms with Gasteiger partial charge in [-0.05, 0) is 41.5 Å². The van der Waals surface area contributed by atoms with E-state index in [4.69, 9.17) is 0 Å². The summed E-state index contributed by atoms with van der Waals surface area (Å²) in [5, 5.41) is 14.1. The molecule has 0 bridgehead atoms. The number of nitrogens with zero attached hydrogens (tertiary/aromatic N) is 2. The smallest absolute Gasteiger partial charge is 0.379 e. The van der Waals surface area contributed by atoms with Gasteiger partial charge in [-0.1, -0.05) is 55.4 Å². The van der Waals surface area contributed by atoms with Gasteiger partial charge >= 0.3 is 6.18 Å². The Morgan fingerprint density at radius 2 is 1.75 bits per heavy atom. The fourth-order valence-electron chi connectivity index (χ4n) is 4.08. The van der Waals surface area contributed by atoms with Crippen molar-refractivity contribution in [2.75, 3.05) is 6.54 Å². The van der Waals surface area contributed by atoms with E-state index < -0.39 is 30.2 Å². The van der Waals surface area contributed by atoms with Crippen molar-refractivity contribution in [2.45, 2.75) is 50.4 Å². The molecule has 1 N–H and O–H groups in total. The van der Waals surface area contributed by atoms with Crippen molar-refractivity contribution in [1.29, 1.82) is 0 Å². The number of hydrogen-bond acceptors (Lipinski definition) is 4. The van der Waals surface area contributed by atoms with Crippen LogP contribution in [0, 0.1) is 4.91 Å². The fraction of sp³-hybridized carbons (Fsp3) is 0.375. The molecule has 0 spiro atoms. The van der Waals surface area contributed by atoms with Crippen molar-refractivity contribution >= 4 is 10.9 Å². The Bertz CT molecular complexity index is 1170. The molecule has 0 aliphatic heterocycles. The minimum atomic E-state index is -4.91. The number of hydrogen-bond donors (Lipinski definition) is 1. The number of alkyl halides is 3. The summed E-state index contributed by atoms with van der Waals surface area (Å²) in [7, 11) is 0. The highest BCUT2D eigenvalue weighted by atomic mass is 19.4. The van der Waals surface area contributed by atoms with E-state index in [0.717, 1.165) is 5.56 Å². The molecule has 3 rings (SSSR count). The third kappa shape index (κ3) is 4.91. The second-order valence-electron chi connectivity index (χ2n) is 8.72. The fourth-order valence-corrected chi connectivity index (χ4v) is 4.08. The summed E-state index contributed by atoms with van der Waals surface area (Å²) in [6, 6.07) is 14.5. The number of halogens is 3. The van der Waals surface area contributed by atoms with Gasteiger partial charge in [0.2, 0.25) is 0 Å². The third-order valence-corrected chi connectivity index (χ3v) is 5.78.